The number of fused-ring (bicyclic) bond motifs is 1. The third-order valence-corrected chi connectivity index (χ3v) is 11.9. The summed E-state index contributed by atoms with van der Waals surface area (Å²) < 4.78 is 7.91. The minimum Gasteiger partial charge on any atom is -0.282 e. The van der Waals surface area contributed by atoms with Crippen molar-refractivity contribution in [3.63, 3.8) is 0 Å². The van der Waals surface area contributed by atoms with E-state index in [4.69, 9.17) is 0 Å². The number of allylic oxidation sites excluding steroid dienone is 1. The first-order chi connectivity index (χ1) is 22.9. The lowest BCUT2D eigenvalue weighted by atomic mass is 9.54. The molecule has 47 heavy (non-hydrogen) atoms. The van der Waals surface area contributed by atoms with Gasteiger partial charge in [-0.15, -0.1) is 0 Å². The van der Waals surface area contributed by atoms with Crippen molar-refractivity contribution in [1.29, 1.82) is 5.26 Å². The van der Waals surface area contributed by atoms with Gasteiger partial charge in [-0.3, -0.25) is 13.7 Å². The summed E-state index contributed by atoms with van der Waals surface area (Å²) in [7, 11) is 3.39. The third-order valence-electron chi connectivity index (χ3n) is 10.0. The van der Waals surface area contributed by atoms with Crippen LogP contribution in [-0.2, 0) is 18.4 Å². The Labute approximate surface area is 286 Å². The van der Waals surface area contributed by atoms with Crippen LogP contribution in [0.5, 0.6) is 0 Å². The first-order valence-electron chi connectivity index (χ1n) is 16.2. The van der Waals surface area contributed by atoms with Crippen molar-refractivity contribution < 1.29 is 0 Å². The summed E-state index contributed by atoms with van der Waals surface area (Å²) in [6.07, 6.45) is 7.95. The number of nitrogens with one attached hydrogen (secondary N) is 1. The van der Waals surface area contributed by atoms with E-state index in [2.05, 4.69) is 150 Å². The number of nitrogens with zero attached hydrogens (tertiary/aromatic N) is 4. The molecular weight excluding hydrogens is 615 g/mol. The summed E-state index contributed by atoms with van der Waals surface area (Å²) in [5.74, 6) is 0.318. The van der Waals surface area contributed by atoms with Crippen LogP contribution in [0.2, 0.25) is 0 Å². The van der Waals surface area contributed by atoms with Gasteiger partial charge >= 0.3 is 0 Å². The number of benzene rings is 4. The van der Waals surface area contributed by atoms with E-state index in [1.165, 1.54) is 33.5 Å². The van der Waals surface area contributed by atoms with Gasteiger partial charge in [-0.25, -0.2) is 0 Å². The summed E-state index contributed by atoms with van der Waals surface area (Å²) in [6.45, 7) is 8.37. The zero-order valence-electron chi connectivity index (χ0n) is 27.1. The van der Waals surface area contributed by atoms with Gasteiger partial charge in [0.2, 0.25) is 0 Å². The molecule has 0 spiro atoms. The molecule has 1 N–H and O–H groups in total. The van der Waals surface area contributed by atoms with Crippen molar-refractivity contribution in [3.8, 4) is 17.2 Å². The molecule has 0 amide bonds. The van der Waals surface area contributed by atoms with Gasteiger partial charge in [-0.2, -0.15) is 10.4 Å². The van der Waals surface area contributed by atoms with Crippen molar-refractivity contribution >= 4 is 22.0 Å². The number of aromatic nitrogens is 2. The number of nitriles is 1. The van der Waals surface area contributed by atoms with Gasteiger partial charge in [-0.05, 0) is 63.6 Å². The van der Waals surface area contributed by atoms with Crippen molar-refractivity contribution in [2.45, 2.75) is 51.5 Å². The van der Waals surface area contributed by atoms with E-state index in [9.17, 15) is 5.26 Å². The number of rotatable bonds is 11. The number of hydrogen-bond acceptors (Lipinski definition) is 6. The van der Waals surface area contributed by atoms with Crippen LogP contribution in [-0.4, -0.2) is 20.6 Å². The highest BCUT2D eigenvalue weighted by Gasteiger charge is 2.50. The van der Waals surface area contributed by atoms with Crippen LogP contribution in [0.3, 0.4) is 0 Å². The standard InChI is InChI=1S/C40H39N5S2/c1-29-11-7-9-15-37(29)40(27-41)26-39(3,30(2)36-14-8-10-16-38(36)40)28-43-46-47-45-25-35(45)21-31-17-19-33(20-18-31)34-22-42-44(24-34)23-32-12-5-4-6-13-32/h4-20,22,24-25,30,43H,21,23,26,28H2,1-3H3. The average molecular weight is 654 g/mol. The Hall–Kier alpha value is -4.22. The molecule has 236 valence electrons. The molecule has 2 aliphatic rings. The van der Waals surface area contributed by atoms with Gasteiger partial charge < -0.3 is 0 Å². The molecule has 0 fully saturated rings. The predicted octanol–water partition coefficient (Wildman–Crippen LogP) is 9.43. The van der Waals surface area contributed by atoms with Crippen LogP contribution < -0.4 is 4.72 Å². The Kier molecular flexibility index (Phi) is 8.76. The zero-order valence-corrected chi connectivity index (χ0v) is 28.7. The minimum absolute atomic E-state index is 0.102. The quantitative estimate of drug-likeness (QED) is 0.0871. The Balaban J connectivity index is 0.930. The Morgan fingerprint density at radius 1 is 0.894 bits per heavy atom. The van der Waals surface area contributed by atoms with Gasteiger partial charge in [0.25, 0.3) is 0 Å². The molecule has 1 aromatic heterocycles. The first-order valence-corrected chi connectivity index (χ1v) is 18.3. The zero-order chi connectivity index (χ0) is 32.4. The van der Waals surface area contributed by atoms with Crippen LogP contribution in [0.15, 0.2) is 127 Å². The molecule has 1 aliphatic carbocycles. The van der Waals surface area contributed by atoms with E-state index in [1.54, 1.807) is 22.0 Å². The molecule has 5 nitrogen and oxygen atoms in total. The highest BCUT2D eigenvalue weighted by Crippen LogP contribution is 2.55. The Morgan fingerprint density at radius 2 is 1.62 bits per heavy atom. The SMILES string of the molecule is Cc1ccccc1C1(C#N)CC(C)(CNSSN2C=C2Cc2ccc(-c3cnn(Cc4ccccc4)c3)cc2)C(C)c2ccccc21. The molecule has 0 saturated carbocycles. The molecule has 4 aromatic carbocycles. The highest BCUT2D eigenvalue weighted by atomic mass is 33.1. The van der Waals surface area contributed by atoms with Gasteiger partial charge in [0.15, 0.2) is 0 Å². The fourth-order valence-corrected chi connectivity index (χ4v) is 8.95. The maximum absolute atomic E-state index is 10.8. The predicted molar refractivity (Wildman–Crippen MR) is 195 cm³/mol. The second kappa shape index (κ2) is 13.1. The minimum atomic E-state index is -0.671. The van der Waals surface area contributed by atoms with Gasteiger partial charge in [0, 0.05) is 52.9 Å². The van der Waals surface area contributed by atoms with Crippen LogP contribution in [0.1, 0.15) is 59.6 Å². The molecule has 0 saturated heterocycles. The number of hydrogen-bond donors (Lipinski definition) is 1. The summed E-state index contributed by atoms with van der Waals surface area (Å²) in [5.41, 5.74) is 10.1. The van der Waals surface area contributed by atoms with Crippen molar-refractivity contribution in [2.24, 2.45) is 5.41 Å². The molecule has 0 radical (unpaired) electrons. The fraction of sp³-hybridized carbons (Fsp3) is 0.250. The lowest BCUT2D eigenvalue weighted by Gasteiger charge is -2.49. The van der Waals surface area contributed by atoms with E-state index >= 15 is 0 Å². The molecule has 2 heterocycles. The first kappa shape index (κ1) is 31.4. The van der Waals surface area contributed by atoms with Gasteiger partial charge in [0.1, 0.15) is 5.41 Å². The van der Waals surface area contributed by atoms with E-state index in [-0.39, 0.29) is 5.41 Å². The Bertz CT molecular complexity index is 1940. The highest BCUT2D eigenvalue weighted by molar-refractivity contribution is 8.75. The second-order valence-corrected chi connectivity index (χ2v) is 15.1. The van der Waals surface area contributed by atoms with Crippen molar-refractivity contribution in [1.82, 2.24) is 18.8 Å². The van der Waals surface area contributed by atoms with E-state index in [1.807, 2.05) is 16.9 Å². The van der Waals surface area contributed by atoms with E-state index in [0.29, 0.717) is 5.92 Å². The van der Waals surface area contributed by atoms with E-state index < -0.39 is 5.41 Å². The molecule has 7 rings (SSSR count). The summed E-state index contributed by atoms with van der Waals surface area (Å²) in [6, 6.07) is 39.0. The fourth-order valence-electron chi connectivity index (χ4n) is 7.11. The van der Waals surface area contributed by atoms with Gasteiger partial charge in [-0.1, -0.05) is 117 Å². The maximum atomic E-state index is 10.8. The van der Waals surface area contributed by atoms with Gasteiger partial charge in [0.05, 0.1) is 24.5 Å². The summed E-state index contributed by atoms with van der Waals surface area (Å²) in [4.78, 5) is 0. The lowest BCUT2D eigenvalue weighted by molar-refractivity contribution is 0.196. The molecular formula is C40H39N5S2. The topological polar surface area (TPSA) is 56.6 Å². The molecule has 3 atom stereocenters. The van der Waals surface area contributed by atoms with Crippen molar-refractivity contribution in [3.05, 3.63) is 161 Å². The number of aryl methyl sites for hydroxylation is 1. The van der Waals surface area contributed by atoms with Crippen molar-refractivity contribution in [2.75, 3.05) is 6.54 Å². The molecule has 5 aromatic rings. The molecule has 0 bridgehead atoms. The third kappa shape index (κ3) is 6.38. The second-order valence-electron chi connectivity index (χ2n) is 13.2. The van der Waals surface area contributed by atoms with E-state index in [0.717, 1.165) is 42.6 Å². The Morgan fingerprint density at radius 3 is 2.38 bits per heavy atom. The maximum Gasteiger partial charge on any atom is 0.108 e. The molecule has 7 heteroatoms. The van der Waals surface area contributed by atoms with Crippen LogP contribution in [0, 0.1) is 23.7 Å². The monoisotopic (exact) mass is 653 g/mol. The van der Waals surface area contributed by atoms with Crippen LogP contribution in [0.25, 0.3) is 11.1 Å². The van der Waals surface area contributed by atoms with Crippen LogP contribution in [0.4, 0.5) is 0 Å². The van der Waals surface area contributed by atoms with Crippen LogP contribution >= 0.6 is 22.0 Å². The molecule has 1 aliphatic heterocycles. The normalized spacial score (nSPS) is 21.5. The smallest absolute Gasteiger partial charge is 0.108 e. The lowest BCUT2D eigenvalue weighted by Crippen LogP contribution is -2.46. The molecule has 3 unspecified atom stereocenters. The largest absolute Gasteiger partial charge is 0.282 e. The summed E-state index contributed by atoms with van der Waals surface area (Å²) in [5, 5.41) is 15.4. The summed E-state index contributed by atoms with van der Waals surface area (Å²) >= 11 is 0. The average Bonchev–Trinajstić information content (AvgIpc) is 3.67.